The van der Waals surface area contributed by atoms with Crippen LogP contribution in [0.1, 0.15) is 27.0 Å². The van der Waals surface area contributed by atoms with E-state index in [4.69, 9.17) is 5.73 Å². The lowest BCUT2D eigenvalue weighted by Crippen LogP contribution is -2.11. The molecule has 0 amide bonds. The standard InChI is InChI=1S/C15H11F4NO/c16-13-6-5-11(7-12(13)15(17,18)19)14(21)10-3-1-9(8-20)2-4-10/h1-7H,8,20H2. The Morgan fingerprint density at radius 1 is 1.00 bits per heavy atom. The maximum Gasteiger partial charge on any atom is 0.419 e. The van der Waals surface area contributed by atoms with Gasteiger partial charge in [-0.1, -0.05) is 24.3 Å². The van der Waals surface area contributed by atoms with E-state index < -0.39 is 23.3 Å². The molecule has 0 radical (unpaired) electrons. The van der Waals surface area contributed by atoms with E-state index in [1.807, 2.05) is 0 Å². The molecule has 0 heterocycles. The van der Waals surface area contributed by atoms with Crippen LogP contribution in [0.25, 0.3) is 0 Å². The van der Waals surface area contributed by atoms with Crippen LogP contribution in [0.3, 0.4) is 0 Å². The SMILES string of the molecule is NCc1ccc(C(=O)c2ccc(F)c(C(F)(F)F)c2)cc1. The number of nitrogens with two attached hydrogens (primary N) is 1. The van der Waals surface area contributed by atoms with E-state index in [0.29, 0.717) is 18.7 Å². The summed E-state index contributed by atoms with van der Waals surface area (Å²) in [6.45, 7) is 0.295. The maximum absolute atomic E-state index is 13.2. The molecule has 2 aromatic carbocycles. The molecule has 2 nitrogen and oxygen atoms in total. The van der Waals surface area contributed by atoms with Gasteiger partial charge in [0, 0.05) is 17.7 Å². The van der Waals surface area contributed by atoms with Crippen molar-refractivity contribution in [2.75, 3.05) is 0 Å². The lowest BCUT2D eigenvalue weighted by Gasteiger charge is -2.10. The van der Waals surface area contributed by atoms with Gasteiger partial charge in [-0.3, -0.25) is 4.79 Å². The van der Waals surface area contributed by atoms with Crippen LogP contribution in [-0.4, -0.2) is 5.78 Å². The van der Waals surface area contributed by atoms with Crippen molar-refractivity contribution in [2.24, 2.45) is 5.73 Å². The minimum absolute atomic E-state index is 0.215. The molecule has 0 saturated heterocycles. The van der Waals surface area contributed by atoms with Crippen molar-refractivity contribution in [3.8, 4) is 0 Å². The highest BCUT2D eigenvalue weighted by Crippen LogP contribution is 2.32. The van der Waals surface area contributed by atoms with Crippen LogP contribution in [-0.2, 0) is 12.7 Å². The lowest BCUT2D eigenvalue weighted by molar-refractivity contribution is -0.140. The van der Waals surface area contributed by atoms with Crippen molar-refractivity contribution in [3.63, 3.8) is 0 Å². The second kappa shape index (κ2) is 5.65. The van der Waals surface area contributed by atoms with Gasteiger partial charge in [-0.2, -0.15) is 13.2 Å². The zero-order valence-electron chi connectivity index (χ0n) is 10.7. The predicted octanol–water partition coefficient (Wildman–Crippen LogP) is 3.53. The van der Waals surface area contributed by atoms with Crippen LogP contribution in [0.15, 0.2) is 42.5 Å². The molecule has 0 bridgehead atoms. The molecule has 0 saturated carbocycles. The highest BCUT2D eigenvalue weighted by atomic mass is 19.4. The van der Waals surface area contributed by atoms with Gasteiger partial charge in [-0.05, 0) is 23.8 Å². The summed E-state index contributed by atoms with van der Waals surface area (Å²) in [6.07, 6.45) is -4.84. The number of carbonyl (C=O) groups is 1. The summed E-state index contributed by atoms with van der Waals surface area (Å²) in [5.74, 6) is -2.01. The zero-order valence-corrected chi connectivity index (χ0v) is 10.7. The fourth-order valence-corrected chi connectivity index (χ4v) is 1.84. The Bertz CT molecular complexity index is 662. The van der Waals surface area contributed by atoms with Crippen LogP contribution in [0.2, 0.25) is 0 Å². The number of carbonyl (C=O) groups excluding carboxylic acids is 1. The number of halogens is 4. The van der Waals surface area contributed by atoms with E-state index >= 15 is 0 Å². The molecule has 0 spiro atoms. The summed E-state index contributed by atoms with van der Waals surface area (Å²) in [5.41, 5.74) is 4.76. The molecular weight excluding hydrogens is 286 g/mol. The summed E-state index contributed by atoms with van der Waals surface area (Å²) < 4.78 is 51.1. The van der Waals surface area contributed by atoms with Gasteiger partial charge in [0.1, 0.15) is 5.82 Å². The maximum atomic E-state index is 13.2. The summed E-state index contributed by atoms with van der Waals surface area (Å²) in [7, 11) is 0. The Labute approximate surface area is 118 Å². The number of alkyl halides is 3. The summed E-state index contributed by atoms with van der Waals surface area (Å²) in [6, 6.07) is 8.37. The van der Waals surface area contributed by atoms with E-state index in [-0.39, 0.29) is 11.1 Å². The molecule has 6 heteroatoms. The van der Waals surface area contributed by atoms with Gasteiger partial charge in [-0.15, -0.1) is 0 Å². The Balaban J connectivity index is 2.39. The quantitative estimate of drug-likeness (QED) is 0.695. The van der Waals surface area contributed by atoms with Gasteiger partial charge in [0.05, 0.1) is 5.56 Å². The monoisotopic (exact) mass is 297 g/mol. The van der Waals surface area contributed by atoms with E-state index in [1.165, 1.54) is 12.1 Å². The number of benzene rings is 2. The molecule has 2 rings (SSSR count). The summed E-state index contributed by atoms with van der Waals surface area (Å²) in [5, 5.41) is 0. The Morgan fingerprint density at radius 2 is 1.57 bits per heavy atom. The van der Waals surface area contributed by atoms with Gasteiger partial charge in [-0.25, -0.2) is 4.39 Å². The van der Waals surface area contributed by atoms with Crippen LogP contribution in [0.5, 0.6) is 0 Å². The van der Waals surface area contributed by atoms with Crippen molar-refractivity contribution in [1.29, 1.82) is 0 Å². The third-order valence-corrected chi connectivity index (χ3v) is 2.99. The van der Waals surface area contributed by atoms with Gasteiger partial charge in [0.25, 0.3) is 0 Å². The zero-order chi connectivity index (χ0) is 15.6. The largest absolute Gasteiger partial charge is 0.419 e. The molecule has 0 aromatic heterocycles. The Hall–Kier alpha value is -2.21. The second-order valence-electron chi connectivity index (χ2n) is 4.42. The Morgan fingerprint density at radius 3 is 2.10 bits per heavy atom. The molecule has 2 N–H and O–H groups in total. The Kier molecular flexibility index (Phi) is 4.09. The third kappa shape index (κ3) is 3.28. The molecule has 0 aliphatic heterocycles. The molecule has 0 fully saturated rings. The van der Waals surface area contributed by atoms with Crippen molar-refractivity contribution in [3.05, 3.63) is 70.5 Å². The fourth-order valence-electron chi connectivity index (χ4n) is 1.84. The van der Waals surface area contributed by atoms with Crippen LogP contribution in [0.4, 0.5) is 17.6 Å². The van der Waals surface area contributed by atoms with E-state index in [2.05, 4.69) is 0 Å². The first-order valence-corrected chi connectivity index (χ1v) is 6.03. The van der Waals surface area contributed by atoms with Gasteiger partial charge in [0.15, 0.2) is 5.78 Å². The number of hydrogen-bond acceptors (Lipinski definition) is 2. The molecule has 21 heavy (non-hydrogen) atoms. The molecule has 0 aliphatic carbocycles. The first-order chi connectivity index (χ1) is 9.82. The fraction of sp³-hybridized carbons (Fsp3) is 0.133. The van der Waals surface area contributed by atoms with Crippen molar-refractivity contribution in [2.45, 2.75) is 12.7 Å². The molecule has 2 aromatic rings. The number of rotatable bonds is 3. The van der Waals surface area contributed by atoms with E-state index in [9.17, 15) is 22.4 Å². The molecule has 0 unspecified atom stereocenters. The highest BCUT2D eigenvalue weighted by molar-refractivity contribution is 6.09. The number of ketones is 1. The first kappa shape index (κ1) is 15.2. The summed E-state index contributed by atoms with van der Waals surface area (Å²) >= 11 is 0. The van der Waals surface area contributed by atoms with Gasteiger partial charge < -0.3 is 5.73 Å². The normalized spacial score (nSPS) is 11.5. The third-order valence-electron chi connectivity index (χ3n) is 2.99. The lowest BCUT2D eigenvalue weighted by atomic mass is 10.00. The van der Waals surface area contributed by atoms with Crippen molar-refractivity contribution < 1.29 is 22.4 Å². The molecular formula is C15H11F4NO. The topological polar surface area (TPSA) is 43.1 Å². The summed E-state index contributed by atoms with van der Waals surface area (Å²) in [4.78, 5) is 12.1. The van der Waals surface area contributed by atoms with Crippen LogP contribution in [0, 0.1) is 5.82 Å². The highest BCUT2D eigenvalue weighted by Gasteiger charge is 2.34. The van der Waals surface area contributed by atoms with E-state index in [0.717, 1.165) is 11.6 Å². The second-order valence-corrected chi connectivity index (χ2v) is 4.42. The first-order valence-electron chi connectivity index (χ1n) is 6.03. The van der Waals surface area contributed by atoms with Gasteiger partial charge in [0.2, 0.25) is 0 Å². The van der Waals surface area contributed by atoms with Crippen LogP contribution >= 0.6 is 0 Å². The molecule has 110 valence electrons. The average Bonchev–Trinajstić information content (AvgIpc) is 2.46. The average molecular weight is 297 g/mol. The minimum Gasteiger partial charge on any atom is -0.326 e. The molecule has 0 atom stereocenters. The number of hydrogen-bond donors (Lipinski definition) is 1. The smallest absolute Gasteiger partial charge is 0.326 e. The van der Waals surface area contributed by atoms with Gasteiger partial charge >= 0.3 is 6.18 Å². The molecule has 0 aliphatic rings. The van der Waals surface area contributed by atoms with E-state index in [1.54, 1.807) is 12.1 Å². The van der Waals surface area contributed by atoms with Crippen molar-refractivity contribution in [1.82, 2.24) is 0 Å². The predicted molar refractivity (Wildman–Crippen MR) is 69.2 cm³/mol. The minimum atomic E-state index is -4.84. The van der Waals surface area contributed by atoms with Crippen LogP contribution < -0.4 is 5.73 Å². The van der Waals surface area contributed by atoms with Crippen molar-refractivity contribution >= 4 is 5.78 Å².